The summed E-state index contributed by atoms with van der Waals surface area (Å²) in [7, 11) is 0.740. The van der Waals surface area contributed by atoms with Crippen molar-refractivity contribution in [2.45, 2.75) is 62.2 Å². The lowest BCUT2D eigenvalue weighted by molar-refractivity contribution is -0.423. The van der Waals surface area contributed by atoms with E-state index >= 15 is 0 Å². The first-order valence-corrected chi connectivity index (χ1v) is 8.80. The molecule has 1 aromatic carbocycles. The lowest BCUT2D eigenvalue weighted by Crippen LogP contribution is -2.66. The Kier molecular flexibility index (Phi) is 8.24. The van der Waals surface area contributed by atoms with E-state index < -0.39 is 42.4 Å². The van der Waals surface area contributed by atoms with Crippen LogP contribution in [0.5, 0.6) is 5.75 Å². The highest BCUT2D eigenvalue weighted by Crippen LogP contribution is 2.58. The number of alkyl halides is 11. The summed E-state index contributed by atoms with van der Waals surface area (Å²) in [6.45, 7) is 1.87. The lowest BCUT2D eigenvalue weighted by Gasteiger charge is -2.38. The molecule has 0 aliphatic heterocycles. The van der Waals surface area contributed by atoms with Crippen molar-refractivity contribution in [2.75, 3.05) is 13.7 Å². The van der Waals surface area contributed by atoms with Crippen molar-refractivity contribution in [3.63, 3.8) is 0 Å². The van der Waals surface area contributed by atoms with E-state index in [-0.39, 0.29) is 17.9 Å². The quantitative estimate of drug-likeness (QED) is 0.252. The minimum absolute atomic E-state index is 0.0758. The summed E-state index contributed by atoms with van der Waals surface area (Å²) in [5.74, 6) is -28.1. The molecule has 1 atom stereocenters. The summed E-state index contributed by atoms with van der Waals surface area (Å²) in [6, 6.07) is 4.94. The second kappa shape index (κ2) is 9.37. The van der Waals surface area contributed by atoms with Gasteiger partial charge in [-0.2, -0.15) is 48.3 Å². The Morgan fingerprint density at radius 3 is 1.84 bits per heavy atom. The lowest BCUT2D eigenvalue weighted by atomic mass is 9.92. The fraction of sp³-hybridized carbons (Fsp3) is 0.667. The van der Waals surface area contributed by atoms with Gasteiger partial charge in [-0.05, 0) is 12.5 Å². The fourth-order valence-corrected chi connectivity index (χ4v) is 2.49. The van der Waals surface area contributed by atoms with Crippen molar-refractivity contribution in [1.82, 2.24) is 0 Å². The molecular formula is C18H19F11O2. The molecule has 0 amide bonds. The number of benzene rings is 1. The van der Waals surface area contributed by atoms with Crippen molar-refractivity contribution in [3.8, 4) is 5.75 Å². The van der Waals surface area contributed by atoms with Gasteiger partial charge >= 0.3 is 29.9 Å². The van der Waals surface area contributed by atoms with Gasteiger partial charge in [-0.25, -0.2) is 0 Å². The first-order chi connectivity index (χ1) is 14.0. The molecule has 0 heterocycles. The molecule has 0 aromatic heterocycles. The topological polar surface area (TPSA) is 18.5 Å². The van der Waals surface area contributed by atoms with Gasteiger partial charge in [0.15, 0.2) is 0 Å². The highest BCUT2D eigenvalue weighted by Gasteiger charge is 2.87. The molecule has 0 saturated heterocycles. The average Bonchev–Trinajstić information content (AvgIpc) is 2.65. The Bertz CT molecular complexity index is 717. The molecule has 13 heteroatoms. The van der Waals surface area contributed by atoms with Crippen molar-refractivity contribution >= 4 is 0 Å². The number of ether oxygens (including phenoxy) is 2. The van der Waals surface area contributed by atoms with Gasteiger partial charge in [-0.15, -0.1) is 0 Å². The van der Waals surface area contributed by atoms with Gasteiger partial charge in [-0.3, -0.25) is 0 Å². The highest BCUT2D eigenvalue weighted by molar-refractivity contribution is 5.35. The van der Waals surface area contributed by atoms with Crippen LogP contribution in [0, 0.1) is 0 Å². The first-order valence-electron chi connectivity index (χ1n) is 8.80. The molecule has 0 spiro atoms. The standard InChI is InChI=1S/C18H19F11O2/c1-3-4-9-31-12-8-6-5-7-11(12)13(30-2)10-14(19,20)15(21,22)16(23,24)17(25,26)18(27,28)29/h5-8,13H,3-4,9-10H2,1-2H3. The summed E-state index contributed by atoms with van der Waals surface area (Å²) in [5.41, 5.74) is -0.303. The largest absolute Gasteiger partial charge is 0.493 e. The van der Waals surface area contributed by atoms with Gasteiger partial charge in [0.25, 0.3) is 0 Å². The summed E-state index contributed by atoms with van der Waals surface area (Å²) in [5, 5.41) is 0. The second-order valence-electron chi connectivity index (χ2n) is 6.59. The molecular weight excluding hydrogens is 457 g/mol. The summed E-state index contributed by atoms with van der Waals surface area (Å²) in [6.07, 6.45) is -10.4. The van der Waals surface area contributed by atoms with E-state index in [1.54, 1.807) is 6.92 Å². The van der Waals surface area contributed by atoms with Gasteiger partial charge in [0.05, 0.1) is 12.7 Å². The molecule has 0 fully saturated rings. The Hall–Kier alpha value is -1.79. The molecule has 1 unspecified atom stereocenters. The van der Waals surface area contributed by atoms with Gasteiger partial charge in [-0.1, -0.05) is 31.5 Å². The minimum atomic E-state index is -7.45. The van der Waals surface area contributed by atoms with Crippen LogP contribution in [0.2, 0.25) is 0 Å². The number of methoxy groups -OCH3 is 1. The molecule has 0 aliphatic rings. The molecule has 31 heavy (non-hydrogen) atoms. The van der Waals surface area contributed by atoms with Crippen molar-refractivity contribution in [2.24, 2.45) is 0 Å². The maximum Gasteiger partial charge on any atom is 0.460 e. The molecule has 0 aliphatic carbocycles. The number of hydrogen-bond acceptors (Lipinski definition) is 2. The molecule has 0 bridgehead atoms. The normalized spacial score (nSPS) is 15.1. The fourth-order valence-electron chi connectivity index (χ4n) is 2.49. The van der Waals surface area contributed by atoms with Crippen LogP contribution in [0.25, 0.3) is 0 Å². The monoisotopic (exact) mass is 476 g/mol. The van der Waals surface area contributed by atoms with Gasteiger partial charge in [0.1, 0.15) is 5.75 Å². The zero-order valence-electron chi connectivity index (χ0n) is 16.2. The Morgan fingerprint density at radius 2 is 1.35 bits per heavy atom. The Balaban J connectivity index is 3.30. The predicted molar refractivity (Wildman–Crippen MR) is 87.1 cm³/mol. The number of unbranched alkanes of at least 4 members (excludes halogenated alkanes) is 1. The summed E-state index contributed by atoms with van der Waals surface area (Å²) < 4.78 is 155. The maximum atomic E-state index is 14.1. The van der Waals surface area contributed by atoms with Gasteiger partial charge < -0.3 is 9.47 Å². The van der Waals surface area contributed by atoms with Crippen molar-refractivity contribution < 1.29 is 57.8 Å². The predicted octanol–water partition coefficient (Wildman–Crippen LogP) is 7.05. The molecule has 1 rings (SSSR count). The molecule has 0 saturated carbocycles. The van der Waals surface area contributed by atoms with Crippen LogP contribution < -0.4 is 4.74 Å². The summed E-state index contributed by atoms with van der Waals surface area (Å²) in [4.78, 5) is 0. The molecule has 180 valence electrons. The van der Waals surface area contributed by atoms with E-state index in [1.807, 2.05) is 0 Å². The van der Waals surface area contributed by atoms with Crippen LogP contribution in [-0.4, -0.2) is 43.6 Å². The Labute approximate surface area is 170 Å². The first kappa shape index (κ1) is 27.2. The van der Waals surface area contributed by atoms with Crippen LogP contribution in [0.1, 0.15) is 37.9 Å². The highest BCUT2D eigenvalue weighted by atomic mass is 19.4. The SMILES string of the molecule is CCCCOc1ccccc1C(CC(F)(F)C(F)(F)C(F)(F)C(F)(F)C(F)(F)F)OC. The Morgan fingerprint density at radius 1 is 0.806 bits per heavy atom. The molecule has 2 nitrogen and oxygen atoms in total. The maximum absolute atomic E-state index is 14.1. The second-order valence-corrected chi connectivity index (χ2v) is 6.59. The van der Waals surface area contributed by atoms with Crippen LogP contribution >= 0.6 is 0 Å². The minimum Gasteiger partial charge on any atom is -0.493 e. The smallest absolute Gasteiger partial charge is 0.460 e. The van der Waals surface area contributed by atoms with Crippen molar-refractivity contribution in [3.05, 3.63) is 29.8 Å². The molecule has 1 aromatic rings. The van der Waals surface area contributed by atoms with Crippen LogP contribution in [-0.2, 0) is 4.74 Å². The van der Waals surface area contributed by atoms with Crippen molar-refractivity contribution in [1.29, 1.82) is 0 Å². The number of para-hydroxylation sites is 1. The number of hydrogen-bond donors (Lipinski definition) is 0. The van der Waals surface area contributed by atoms with Crippen LogP contribution in [0.3, 0.4) is 0 Å². The van der Waals surface area contributed by atoms with Crippen LogP contribution in [0.4, 0.5) is 48.3 Å². The third kappa shape index (κ3) is 5.17. The number of halogens is 11. The third-order valence-corrected chi connectivity index (χ3v) is 4.35. The van der Waals surface area contributed by atoms with Gasteiger partial charge in [0.2, 0.25) is 0 Å². The van der Waals surface area contributed by atoms with E-state index in [0.717, 1.165) is 13.2 Å². The van der Waals surface area contributed by atoms with E-state index in [4.69, 9.17) is 4.74 Å². The van der Waals surface area contributed by atoms with Crippen LogP contribution in [0.15, 0.2) is 24.3 Å². The number of rotatable bonds is 11. The van der Waals surface area contributed by atoms with E-state index in [2.05, 4.69) is 4.74 Å². The zero-order valence-corrected chi connectivity index (χ0v) is 16.2. The molecule has 0 N–H and O–H groups in total. The van der Waals surface area contributed by atoms with Gasteiger partial charge in [0, 0.05) is 19.1 Å². The zero-order chi connectivity index (χ0) is 24.3. The third-order valence-electron chi connectivity index (χ3n) is 4.35. The van der Waals surface area contributed by atoms with E-state index in [9.17, 15) is 48.3 Å². The summed E-state index contributed by atoms with van der Waals surface area (Å²) >= 11 is 0. The molecule has 0 radical (unpaired) electrons. The van der Waals surface area contributed by atoms with E-state index in [0.29, 0.717) is 12.8 Å². The average molecular weight is 476 g/mol. The van der Waals surface area contributed by atoms with E-state index in [1.165, 1.54) is 18.2 Å².